The number of hydrogen-bond donors (Lipinski definition) is 4. The van der Waals surface area contributed by atoms with Gasteiger partial charge in [0.1, 0.15) is 10.1 Å². The highest BCUT2D eigenvalue weighted by Crippen LogP contribution is 2.31. The highest BCUT2D eigenvalue weighted by atomic mass is 33.1. The van der Waals surface area contributed by atoms with Crippen LogP contribution in [0, 0.1) is 0 Å². The molecule has 0 bridgehead atoms. The predicted molar refractivity (Wildman–Crippen MR) is 183 cm³/mol. The molecule has 2 saturated heterocycles. The smallest absolute Gasteiger partial charge is 0.353 e. The van der Waals surface area contributed by atoms with Gasteiger partial charge in [0.25, 0.3) is 43.9 Å². The van der Waals surface area contributed by atoms with Crippen LogP contribution in [0.1, 0.15) is 38.5 Å². The molecule has 2 aliphatic heterocycles. The van der Waals surface area contributed by atoms with E-state index < -0.39 is 66.3 Å². The molecule has 4 rings (SSSR count). The number of imide groups is 2. The molecule has 2 unspecified atom stereocenters. The van der Waals surface area contributed by atoms with Gasteiger partial charge in [-0.05, 0) is 58.7 Å². The molecule has 2 atom stereocenters. The molecule has 0 aromatic carbocycles. The highest BCUT2D eigenvalue weighted by Gasteiger charge is 2.39. The van der Waals surface area contributed by atoms with E-state index in [1.54, 1.807) is 42.7 Å². The number of carboxylic acid groups (broad SMARTS) is 1. The van der Waals surface area contributed by atoms with E-state index in [2.05, 4.69) is 14.8 Å². The lowest BCUT2D eigenvalue weighted by molar-refractivity contribution is -0.197. The summed E-state index contributed by atoms with van der Waals surface area (Å²) in [4.78, 5) is 78.6. The van der Waals surface area contributed by atoms with Crippen molar-refractivity contribution in [3.63, 3.8) is 0 Å². The standard InChI is InChI=1S/C13H14N2O7S3.C9H11NO5S3.C4H5NO3/c16-11-4-5-12(17)15(11)22-13(18)9(25(19,20)21)6-8-23-24-10-3-1-2-7-14-10;11-9(12)7(18(13,14)15)4-6-16-17-8-3-1-2-5-10-8;6-3-1-2-4(7)5(3)8/h1-3,7,9H,4-6,8H2,(H,19,20,21);1-3,5,7H,4,6H2,(H,11,12)(H,13,14,15);8H,1-2H2. The molecule has 25 heteroatoms. The molecule has 2 aromatic rings. The maximum atomic E-state index is 12.0. The Morgan fingerprint density at radius 1 is 0.725 bits per heavy atom. The van der Waals surface area contributed by atoms with Gasteiger partial charge in [0, 0.05) is 49.6 Å². The molecule has 0 spiro atoms. The SMILES string of the molecule is O=C(O)C(CCSSc1ccccn1)S(=O)(=O)O.O=C(ON1C(=O)CCC1=O)C(CCSSc1ccccn1)S(=O)(=O)O.O=C1CCC(=O)N1O. The van der Waals surface area contributed by atoms with E-state index in [1.807, 2.05) is 6.07 Å². The molecule has 0 saturated carbocycles. The van der Waals surface area contributed by atoms with Crippen molar-refractivity contribution in [2.75, 3.05) is 11.5 Å². The van der Waals surface area contributed by atoms with Gasteiger partial charge >= 0.3 is 11.9 Å². The van der Waals surface area contributed by atoms with Crippen LogP contribution in [0.5, 0.6) is 0 Å². The zero-order valence-electron chi connectivity index (χ0n) is 25.9. The molecule has 2 fully saturated rings. The van der Waals surface area contributed by atoms with Crippen LogP contribution in [0.15, 0.2) is 58.8 Å². The average Bonchev–Trinajstić information content (AvgIpc) is 3.54. The number of aromatic nitrogens is 2. The van der Waals surface area contributed by atoms with Crippen LogP contribution >= 0.6 is 43.2 Å². The number of rotatable bonds is 15. The second kappa shape index (κ2) is 21.3. The summed E-state index contributed by atoms with van der Waals surface area (Å²) in [5.41, 5.74) is 0. The molecule has 19 nitrogen and oxygen atoms in total. The summed E-state index contributed by atoms with van der Waals surface area (Å²) in [5.74, 6) is -4.92. The number of carboxylic acids is 1. The number of hydroxylamine groups is 4. The van der Waals surface area contributed by atoms with Gasteiger partial charge in [-0.2, -0.15) is 21.9 Å². The van der Waals surface area contributed by atoms with E-state index in [1.165, 1.54) is 43.2 Å². The zero-order valence-corrected chi connectivity index (χ0v) is 30.8. The number of pyridine rings is 2. The summed E-state index contributed by atoms with van der Waals surface area (Å²) in [6, 6.07) is 10.7. The Labute approximate surface area is 306 Å². The molecule has 0 aliphatic carbocycles. The minimum Gasteiger partial charge on any atom is -0.480 e. The minimum absolute atomic E-state index is 0.112. The number of carbonyl (C=O) groups excluding carboxylic acids is 5. The van der Waals surface area contributed by atoms with E-state index in [0.29, 0.717) is 5.03 Å². The maximum absolute atomic E-state index is 12.0. The van der Waals surface area contributed by atoms with Gasteiger partial charge in [-0.3, -0.25) is 38.3 Å². The summed E-state index contributed by atoms with van der Waals surface area (Å²) < 4.78 is 62.3. The highest BCUT2D eigenvalue weighted by molar-refractivity contribution is 8.77. The Kier molecular flexibility index (Phi) is 18.3. The maximum Gasteiger partial charge on any atom is 0.353 e. The first-order chi connectivity index (χ1) is 23.9. The lowest BCUT2D eigenvalue weighted by Crippen LogP contribution is -2.39. The van der Waals surface area contributed by atoms with Crippen molar-refractivity contribution in [3.8, 4) is 0 Å². The fraction of sp³-hybridized carbons (Fsp3) is 0.385. The van der Waals surface area contributed by atoms with Crippen LogP contribution in [-0.2, 0) is 53.8 Å². The third kappa shape index (κ3) is 15.9. The van der Waals surface area contributed by atoms with Crippen molar-refractivity contribution in [3.05, 3.63) is 48.8 Å². The Hall–Kier alpha value is -3.30. The van der Waals surface area contributed by atoms with Crippen molar-refractivity contribution in [1.82, 2.24) is 20.1 Å². The van der Waals surface area contributed by atoms with Crippen LogP contribution in [0.25, 0.3) is 0 Å². The van der Waals surface area contributed by atoms with Crippen LogP contribution in [0.2, 0.25) is 0 Å². The fourth-order valence-corrected chi connectivity index (χ4v) is 9.08. The zero-order chi connectivity index (χ0) is 38.2. The van der Waals surface area contributed by atoms with Crippen LogP contribution in [-0.4, -0.2) is 114 Å². The molecule has 2 aromatic heterocycles. The quantitative estimate of drug-likeness (QED) is 0.0657. The average molecular weight is 831 g/mol. The molecule has 51 heavy (non-hydrogen) atoms. The number of aliphatic carboxylic acids is 1. The topological polar surface area (TPSA) is 293 Å². The van der Waals surface area contributed by atoms with Crippen molar-refractivity contribution in [1.29, 1.82) is 0 Å². The van der Waals surface area contributed by atoms with Gasteiger partial charge in [-0.15, -0.1) is 5.06 Å². The Balaban J connectivity index is 0.000000300. The van der Waals surface area contributed by atoms with E-state index in [-0.39, 0.29) is 60.2 Å². The first-order valence-electron chi connectivity index (χ1n) is 14.1. The third-order valence-electron chi connectivity index (χ3n) is 5.96. The van der Waals surface area contributed by atoms with Gasteiger partial charge in [-0.25, -0.2) is 14.8 Å². The molecule has 4 N–H and O–H groups in total. The summed E-state index contributed by atoms with van der Waals surface area (Å²) in [6.45, 7) is 0. The lowest BCUT2D eigenvalue weighted by Gasteiger charge is -2.17. The monoisotopic (exact) mass is 830 g/mol. The van der Waals surface area contributed by atoms with Crippen LogP contribution in [0.3, 0.4) is 0 Å². The van der Waals surface area contributed by atoms with Crippen molar-refractivity contribution >= 4 is 99.0 Å². The molecular formula is C26H30N4O15S6. The largest absolute Gasteiger partial charge is 0.480 e. The fourth-order valence-electron chi connectivity index (χ4n) is 3.47. The molecule has 4 heterocycles. The van der Waals surface area contributed by atoms with Crippen molar-refractivity contribution in [2.24, 2.45) is 0 Å². The van der Waals surface area contributed by atoms with Gasteiger partial charge in [0.2, 0.25) is 0 Å². The first kappa shape index (κ1) is 43.9. The Bertz CT molecular complexity index is 1720. The summed E-state index contributed by atoms with van der Waals surface area (Å²) >= 11 is 0. The third-order valence-corrected chi connectivity index (χ3v) is 12.9. The van der Waals surface area contributed by atoms with Crippen molar-refractivity contribution in [2.45, 2.75) is 59.1 Å². The Morgan fingerprint density at radius 2 is 1.14 bits per heavy atom. The van der Waals surface area contributed by atoms with E-state index in [0.717, 1.165) is 5.03 Å². The van der Waals surface area contributed by atoms with Crippen LogP contribution < -0.4 is 0 Å². The normalized spacial score (nSPS) is 15.7. The van der Waals surface area contributed by atoms with Crippen molar-refractivity contribution < 1.29 is 69.9 Å². The number of amides is 4. The molecule has 2 aliphatic rings. The van der Waals surface area contributed by atoms with E-state index >= 15 is 0 Å². The van der Waals surface area contributed by atoms with Gasteiger partial charge < -0.3 is 9.94 Å². The number of hydrogen-bond acceptors (Lipinski definition) is 18. The predicted octanol–water partition coefficient (Wildman–Crippen LogP) is 2.15. The second-order valence-corrected chi connectivity index (χ2v) is 17.7. The number of nitrogens with zero attached hydrogens (tertiary/aromatic N) is 4. The van der Waals surface area contributed by atoms with Gasteiger partial charge in [0.05, 0.1) is 0 Å². The molecular weight excluding hydrogens is 801 g/mol. The second-order valence-electron chi connectivity index (χ2n) is 9.66. The summed E-state index contributed by atoms with van der Waals surface area (Å²) in [5, 5.41) is 15.3. The minimum atomic E-state index is -4.75. The summed E-state index contributed by atoms with van der Waals surface area (Å²) in [6.07, 6.45) is 2.90. The molecule has 0 radical (unpaired) electrons. The van der Waals surface area contributed by atoms with Crippen LogP contribution in [0.4, 0.5) is 0 Å². The van der Waals surface area contributed by atoms with E-state index in [9.17, 15) is 50.2 Å². The Morgan fingerprint density at radius 3 is 1.47 bits per heavy atom. The number of carbonyl (C=O) groups is 6. The van der Waals surface area contributed by atoms with Gasteiger partial charge in [0.15, 0.2) is 10.5 Å². The molecule has 280 valence electrons. The van der Waals surface area contributed by atoms with E-state index in [4.69, 9.17) is 14.9 Å². The molecule has 4 amide bonds. The van der Waals surface area contributed by atoms with Gasteiger partial charge in [-0.1, -0.05) is 33.7 Å². The lowest BCUT2D eigenvalue weighted by atomic mass is 10.3. The summed E-state index contributed by atoms with van der Waals surface area (Å²) in [7, 11) is -4.18. The first-order valence-corrected chi connectivity index (χ1v) is 21.7.